The first-order chi connectivity index (χ1) is 10.8. The first kappa shape index (κ1) is 13.1. The van der Waals surface area contributed by atoms with E-state index in [-0.39, 0.29) is 0 Å². The summed E-state index contributed by atoms with van der Waals surface area (Å²) in [7, 11) is 0. The van der Waals surface area contributed by atoms with E-state index >= 15 is 0 Å². The third kappa shape index (κ3) is 2.28. The highest BCUT2D eigenvalue weighted by Crippen LogP contribution is 2.27. The standard InChI is InChI=1S/C19H13ClN2/c20-17-7-5-14(6-8-17)16-4-3-15-9-11-22(19(15)12-16)18-2-1-10-21-13-18/h1-13H. The molecular weight excluding hydrogens is 292 g/mol. The van der Waals surface area contributed by atoms with E-state index in [9.17, 15) is 0 Å². The summed E-state index contributed by atoms with van der Waals surface area (Å²) in [6, 6.07) is 20.5. The molecule has 0 N–H and O–H groups in total. The van der Waals surface area contributed by atoms with E-state index in [0.29, 0.717) is 0 Å². The highest BCUT2D eigenvalue weighted by atomic mass is 35.5. The Hall–Kier alpha value is -2.58. The number of pyridine rings is 1. The van der Waals surface area contributed by atoms with Crippen molar-refractivity contribution < 1.29 is 0 Å². The molecule has 0 radical (unpaired) electrons. The van der Waals surface area contributed by atoms with Gasteiger partial charge < -0.3 is 4.57 Å². The lowest BCUT2D eigenvalue weighted by Crippen LogP contribution is -1.92. The maximum atomic E-state index is 5.97. The van der Waals surface area contributed by atoms with Gasteiger partial charge in [0.1, 0.15) is 0 Å². The van der Waals surface area contributed by atoms with Crippen LogP contribution in [0.1, 0.15) is 0 Å². The lowest BCUT2D eigenvalue weighted by atomic mass is 10.0. The van der Waals surface area contributed by atoms with Crippen LogP contribution in [0.15, 0.2) is 79.3 Å². The van der Waals surface area contributed by atoms with Crippen molar-refractivity contribution in [3.63, 3.8) is 0 Å². The molecule has 0 saturated carbocycles. The summed E-state index contributed by atoms with van der Waals surface area (Å²) in [6.45, 7) is 0. The summed E-state index contributed by atoms with van der Waals surface area (Å²) < 4.78 is 2.15. The first-order valence-corrected chi connectivity index (χ1v) is 7.46. The zero-order chi connectivity index (χ0) is 14.9. The second-order valence-electron chi connectivity index (χ2n) is 5.18. The molecule has 106 valence electrons. The summed E-state index contributed by atoms with van der Waals surface area (Å²) in [4.78, 5) is 4.20. The molecule has 2 aromatic carbocycles. The van der Waals surface area contributed by atoms with Gasteiger partial charge in [0.15, 0.2) is 0 Å². The molecule has 0 aliphatic carbocycles. The van der Waals surface area contributed by atoms with Gasteiger partial charge in [0.25, 0.3) is 0 Å². The molecule has 0 aliphatic rings. The van der Waals surface area contributed by atoms with Gasteiger partial charge in [-0.15, -0.1) is 0 Å². The number of benzene rings is 2. The van der Waals surface area contributed by atoms with Crippen LogP contribution in [0.5, 0.6) is 0 Å². The van der Waals surface area contributed by atoms with E-state index in [4.69, 9.17) is 11.6 Å². The summed E-state index contributed by atoms with van der Waals surface area (Å²) in [5.41, 5.74) is 4.56. The van der Waals surface area contributed by atoms with Gasteiger partial charge in [-0.1, -0.05) is 35.9 Å². The van der Waals surface area contributed by atoms with Gasteiger partial charge in [0.2, 0.25) is 0 Å². The maximum absolute atomic E-state index is 5.97. The average Bonchev–Trinajstić information content (AvgIpc) is 2.99. The molecule has 3 heteroatoms. The van der Waals surface area contributed by atoms with E-state index in [0.717, 1.165) is 16.3 Å². The zero-order valence-corrected chi connectivity index (χ0v) is 12.5. The predicted molar refractivity (Wildman–Crippen MR) is 91.5 cm³/mol. The van der Waals surface area contributed by atoms with Crippen molar-refractivity contribution in [3.05, 3.63) is 84.3 Å². The monoisotopic (exact) mass is 304 g/mol. The van der Waals surface area contributed by atoms with Gasteiger partial charge in [-0.3, -0.25) is 4.98 Å². The minimum atomic E-state index is 0.753. The number of hydrogen-bond acceptors (Lipinski definition) is 1. The minimum Gasteiger partial charge on any atom is -0.315 e. The van der Waals surface area contributed by atoms with Crippen molar-refractivity contribution in [1.29, 1.82) is 0 Å². The topological polar surface area (TPSA) is 17.8 Å². The van der Waals surface area contributed by atoms with E-state index < -0.39 is 0 Å². The number of halogens is 1. The van der Waals surface area contributed by atoms with Gasteiger partial charge in [-0.05, 0) is 52.9 Å². The second-order valence-corrected chi connectivity index (χ2v) is 5.61. The predicted octanol–water partition coefficient (Wildman–Crippen LogP) is 5.35. The lowest BCUT2D eigenvalue weighted by Gasteiger charge is -2.07. The quantitative estimate of drug-likeness (QED) is 0.488. The SMILES string of the molecule is Clc1ccc(-c2ccc3ccn(-c4cccnc4)c3c2)cc1. The average molecular weight is 305 g/mol. The van der Waals surface area contributed by atoms with Crippen molar-refractivity contribution in [2.24, 2.45) is 0 Å². The fraction of sp³-hybridized carbons (Fsp3) is 0. The molecule has 2 aromatic heterocycles. The number of aromatic nitrogens is 2. The molecule has 0 fully saturated rings. The van der Waals surface area contributed by atoms with Gasteiger partial charge in [0, 0.05) is 17.4 Å². The fourth-order valence-electron chi connectivity index (χ4n) is 2.67. The van der Waals surface area contributed by atoms with E-state index in [2.05, 4.69) is 46.1 Å². The summed E-state index contributed by atoms with van der Waals surface area (Å²) >= 11 is 5.97. The Balaban J connectivity index is 1.88. The van der Waals surface area contributed by atoms with Crippen LogP contribution < -0.4 is 0 Å². The smallest absolute Gasteiger partial charge is 0.0639 e. The molecule has 2 nitrogen and oxygen atoms in total. The van der Waals surface area contributed by atoms with Crippen LogP contribution >= 0.6 is 11.6 Å². The molecule has 4 rings (SSSR count). The molecule has 4 aromatic rings. The van der Waals surface area contributed by atoms with Crippen LogP contribution in [0.2, 0.25) is 5.02 Å². The highest BCUT2D eigenvalue weighted by Gasteiger charge is 2.05. The van der Waals surface area contributed by atoms with Crippen LogP contribution in [0.4, 0.5) is 0 Å². The molecule has 0 saturated heterocycles. The molecule has 0 amide bonds. The Labute approximate surface area is 133 Å². The number of rotatable bonds is 2. The molecule has 0 atom stereocenters. The Morgan fingerprint density at radius 2 is 1.68 bits per heavy atom. The largest absolute Gasteiger partial charge is 0.315 e. The lowest BCUT2D eigenvalue weighted by molar-refractivity contribution is 1.10. The molecule has 2 heterocycles. The van der Waals surface area contributed by atoms with Crippen LogP contribution in [-0.2, 0) is 0 Å². The van der Waals surface area contributed by atoms with Crippen molar-refractivity contribution in [3.8, 4) is 16.8 Å². The van der Waals surface area contributed by atoms with Crippen molar-refractivity contribution in [2.75, 3.05) is 0 Å². The molecular formula is C19H13ClN2. The molecule has 0 bridgehead atoms. The Bertz CT molecular complexity index is 925. The van der Waals surface area contributed by atoms with Crippen molar-refractivity contribution in [1.82, 2.24) is 9.55 Å². The van der Waals surface area contributed by atoms with Crippen LogP contribution in [0.25, 0.3) is 27.7 Å². The van der Waals surface area contributed by atoms with Gasteiger partial charge >= 0.3 is 0 Å². The zero-order valence-electron chi connectivity index (χ0n) is 11.8. The maximum Gasteiger partial charge on any atom is 0.0639 e. The van der Waals surface area contributed by atoms with Crippen LogP contribution in [-0.4, -0.2) is 9.55 Å². The summed E-state index contributed by atoms with van der Waals surface area (Å²) in [6.07, 6.45) is 5.73. The molecule has 0 spiro atoms. The van der Waals surface area contributed by atoms with Crippen LogP contribution in [0.3, 0.4) is 0 Å². The van der Waals surface area contributed by atoms with Crippen molar-refractivity contribution in [2.45, 2.75) is 0 Å². The number of nitrogens with zero attached hydrogens (tertiary/aromatic N) is 2. The van der Waals surface area contributed by atoms with Crippen LogP contribution in [0, 0.1) is 0 Å². The van der Waals surface area contributed by atoms with Gasteiger partial charge in [-0.25, -0.2) is 0 Å². The Kier molecular flexibility index (Phi) is 3.17. The number of hydrogen-bond donors (Lipinski definition) is 0. The molecule has 0 unspecified atom stereocenters. The van der Waals surface area contributed by atoms with Crippen molar-refractivity contribution >= 4 is 22.5 Å². The number of fused-ring (bicyclic) bond motifs is 1. The summed E-state index contributed by atoms with van der Waals surface area (Å²) in [5.74, 6) is 0. The Morgan fingerprint density at radius 1 is 0.864 bits per heavy atom. The van der Waals surface area contributed by atoms with E-state index in [1.165, 1.54) is 16.5 Å². The van der Waals surface area contributed by atoms with Gasteiger partial charge in [0.05, 0.1) is 17.4 Å². The van der Waals surface area contributed by atoms with E-state index in [1.54, 1.807) is 6.20 Å². The highest BCUT2D eigenvalue weighted by molar-refractivity contribution is 6.30. The first-order valence-electron chi connectivity index (χ1n) is 7.09. The van der Waals surface area contributed by atoms with E-state index in [1.807, 2.05) is 36.5 Å². The minimum absolute atomic E-state index is 0.753. The summed E-state index contributed by atoms with van der Waals surface area (Å²) in [5, 5.41) is 1.96. The second kappa shape index (κ2) is 5.32. The normalized spacial score (nSPS) is 11.0. The molecule has 0 aliphatic heterocycles. The fourth-order valence-corrected chi connectivity index (χ4v) is 2.80. The molecule has 22 heavy (non-hydrogen) atoms. The third-order valence-corrected chi connectivity index (χ3v) is 4.05. The van der Waals surface area contributed by atoms with Gasteiger partial charge in [-0.2, -0.15) is 0 Å². The Morgan fingerprint density at radius 3 is 2.45 bits per heavy atom. The third-order valence-electron chi connectivity index (χ3n) is 3.79.